The molecule has 1 aromatic carbocycles. The molecule has 0 aromatic heterocycles. The summed E-state index contributed by atoms with van der Waals surface area (Å²) in [5.74, 6) is 0. The van der Waals surface area contributed by atoms with Gasteiger partial charge in [-0.3, -0.25) is 4.90 Å². The molecule has 0 bridgehead atoms. The summed E-state index contributed by atoms with van der Waals surface area (Å²) in [6, 6.07) is 9.96. The van der Waals surface area contributed by atoms with E-state index in [1.807, 2.05) is 0 Å². The summed E-state index contributed by atoms with van der Waals surface area (Å²) in [4.78, 5) is 4.74. The third kappa shape index (κ3) is 3.33. The van der Waals surface area contributed by atoms with Gasteiger partial charge in [-0.2, -0.15) is 0 Å². The van der Waals surface area contributed by atoms with Gasteiger partial charge in [0.05, 0.1) is 0 Å². The summed E-state index contributed by atoms with van der Waals surface area (Å²) in [7, 11) is 4.15. The molecule has 0 radical (unpaired) electrons. The summed E-state index contributed by atoms with van der Waals surface area (Å²) in [6.45, 7) is 4.04. The van der Waals surface area contributed by atoms with E-state index >= 15 is 0 Å². The van der Waals surface area contributed by atoms with Crippen molar-refractivity contribution in [1.29, 1.82) is 0 Å². The molecule has 1 aliphatic carbocycles. The van der Waals surface area contributed by atoms with E-state index in [0.29, 0.717) is 12.6 Å². The van der Waals surface area contributed by atoms with Gasteiger partial charge in [0.2, 0.25) is 0 Å². The zero-order chi connectivity index (χ0) is 14.5. The van der Waals surface area contributed by atoms with Crippen LogP contribution in [0.25, 0.3) is 0 Å². The molecule has 1 aliphatic rings. The van der Waals surface area contributed by atoms with Crippen molar-refractivity contribution in [2.75, 3.05) is 32.1 Å². The molecule has 2 N–H and O–H groups in total. The first kappa shape index (κ1) is 15.3. The topological polar surface area (TPSA) is 32.5 Å². The van der Waals surface area contributed by atoms with Crippen LogP contribution in [0.15, 0.2) is 24.3 Å². The molecule has 0 amide bonds. The SMILES string of the molecule is CCN(C1CCCC1)C(CN)c1ccc(N(C)C)cc1. The third-order valence-corrected chi connectivity index (χ3v) is 4.58. The molecule has 1 fully saturated rings. The molecular formula is C17H29N3. The highest BCUT2D eigenvalue weighted by Crippen LogP contribution is 2.31. The first-order chi connectivity index (χ1) is 9.67. The largest absolute Gasteiger partial charge is 0.378 e. The first-order valence-corrected chi connectivity index (χ1v) is 7.90. The lowest BCUT2D eigenvalue weighted by Gasteiger charge is -2.35. The molecule has 0 spiro atoms. The van der Waals surface area contributed by atoms with Crippen molar-refractivity contribution in [3.8, 4) is 0 Å². The zero-order valence-electron chi connectivity index (χ0n) is 13.2. The minimum atomic E-state index is 0.360. The van der Waals surface area contributed by atoms with Gasteiger partial charge in [0.15, 0.2) is 0 Å². The molecule has 3 nitrogen and oxygen atoms in total. The van der Waals surface area contributed by atoms with Crippen molar-refractivity contribution < 1.29 is 0 Å². The number of rotatable bonds is 6. The fraction of sp³-hybridized carbons (Fsp3) is 0.647. The fourth-order valence-corrected chi connectivity index (χ4v) is 3.43. The molecule has 112 valence electrons. The van der Waals surface area contributed by atoms with E-state index in [4.69, 9.17) is 5.73 Å². The van der Waals surface area contributed by atoms with Gasteiger partial charge in [-0.25, -0.2) is 0 Å². The van der Waals surface area contributed by atoms with E-state index in [2.05, 4.69) is 55.1 Å². The number of anilines is 1. The Morgan fingerprint density at radius 2 is 1.75 bits per heavy atom. The van der Waals surface area contributed by atoms with Crippen LogP contribution in [-0.4, -0.2) is 38.1 Å². The van der Waals surface area contributed by atoms with Gasteiger partial charge in [0.1, 0.15) is 0 Å². The Morgan fingerprint density at radius 3 is 2.20 bits per heavy atom. The highest BCUT2D eigenvalue weighted by molar-refractivity contribution is 5.46. The van der Waals surface area contributed by atoms with Crippen LogP contribution in [-0.2, 0) is 0 Å². The highest BCUT2D eigenvalue weighted by Gasteiger charge is 2.27. The van der Waals surface area contributed by atoms with Crippen LogP contribution in [0, 0.1) is 0 Å². The van der Waals surface area contributed by atoms with Crippen LogP contribution in [0.1, 0.15) is 44.2 Å². The Kier molecular flexibility index (Phi) is 5.44. The molecule has 1 unspecified atom stereocenters. The number of benzene rings is 1. The Labute approximate surface area is 123 Å². The lowest BCUT2D eigenvalue weighted by atomic mass is 10.0. The standard InChI is InChI=1S/C17H29N3/c1-4-20(16-7-5-6-8-16)17(13-18)14-9-11-15(12-10-14)19(2)3/h9-12,16-17H,4-8,13,18H2,1-3H3. The maximum Gasteiger partial charge on any atom is 0.0473 e. The lowest BCUT2D eigenvalue weighted by molar-refractivity contribution is 0.147. The van der Waals surface area contributed by atoms with Gasteiger partial charge in [-0.1, -0.05) is 31.9 Å². The van der Waals surface area contributed by atoms with Gasteiger partial charge in [-0.15, -0.1) is 0 Å². The maximum absolute atomic E-state index is 6.09. The average molecular weight is 275 g/mol. The van der Waals surface area contributed by atoms with Crippen LogP contribution >= 0.6 is 0 Å². The molecule has 0 aliphatic heterocycles. The molecule has 0 heterocycles. The summed E-state index contributed by atoms with van der Waals surface area (Å²) >= 11 is 0. The number of hydrogen-bond donors (Lipinski definition) is 1. The highest BCUT2D eigenvalue weighted by atomic mass is 15.2. The van der Waals surface area contributed by atoms with Crippen molar-refractivity contribution in [2.24, 2.45) is 5.73 Å². The molecule has 0 saturated heterocycles. The lowest BCUT2D eigenvalue weighted by Crippen LogP contribution is -2.40. The van der Waals surface area contributed by atoms with E-state index in [0.717, 1.165) is 12.6 Å². The number of hydrogen-bond acceptors (Lipinski definition) is 3. The maximum atomic E-state index is 6.09. The Bertz CT molecular complexity index is 393. The predicted molar refractivity (Wildman–Crippen MR) is 87.2 cm³/mol. The molecule has 1 aromatic rings. The number of nitrogens with two attached hydrogens (primary N) is 1. The van der Waals surface area contributed by atoms with Crippen molar-refractivity contribution in [3.05, 3.63) is 29.8 Å². The Hall–Kier alpha value is -1.06. The summed E-state index contributed by atoms with van der Waals surface area (Å²) in [5, 5.41) is 0. The van der Waals surface area contributed by atoms with E-state index in [1.165, 1.54) is 36.9 Å². The number of nitrogens with zero attached hydrogens (tertiary/aromatic N) is 2. The first-order valence-electron chi connectivity index (χ1n) is 7.90. The van der Waals surface area contributed by atoms with Gasteiger partial charge >= 0.3 is 0 Å². The molecule has 1 atom stereocenters. The van der Waals surface area contributed by atoms with Crippen molar-refractivity contribution >= 4 is 5.69 Å². The fourth-order valence-electron chi connectivity index (χ4n) is 3.43. The van der Waals surface area contributed by atoms with Crippen LogP contribution < -0.4 is 10.6 Å². The summed E-state index contributed by atoms with van der Waals surface area (Å²) in [6.07, 6.45) is 5.41. The summed E-state index contributed by atoms with van der Waals surface area (Å²) in [5.41, 5.74) is 8.69. The Morgan fingerprint density at radius 1 is 1.15 bits per heavy atom. The molecule has 3 heteroatoms. The predicted octanol–water partition coefficient (Wildman–Crippen LogP) is 3.02. The van der Waals surface area contributed by atoms with Crippen LogP contribution in [0.4, 0.5) is 5.69 Å². The minimum absolute atomic E-state index is 0.360. The van der Waals surface area contributed by atoms with Gasteiger partial charge in [0, 0.05) is 38.4 Å². The van der Waals surface area contributed by atoms with Gasteiger partial charge in [0.25, 0.3) is 0 Å². The molecule has 2 rings (SSSR count). The van der Waals surface area contributed by atoms with Crippen LogP contribution in [0.5, 0.6) is 0 Å². The second-order valence-electron chi connectivity index (χ2n) is 6.01. The second-order valence-corrected chi connectivity index (χ2v) is 6.01. The third-order valence-electron chi connectivity index (χ3n) is 4.58. The Balaban J connectivity index is 2.16. The van der Waals surface area contributed by atoms with Gasteiger partial charge in [-0.05, 0) is 37.1 Å². The average Bonchev–Trinajstić information content (AvgIpc) is 2.98. The van der Waals surface area contributed by atoms with E-state index in [-0.39, 0.29) is 0 Å². The zero-order valence-corrected chi connectivity index (χ0v) is 13.2. The minimum Gasteiger partial charge on any atom is -0.378 e. The molecule has 1 saturated carbocycles. The van der Waals surface area contributed by atoms with E-state index in [9.17, 15) is 0 Å². The van der Waals surface area contributed by atoms with Crippen molar-refractivity contribution in [2.45, 2.75) is 44.7 Å². The smallest absolute Gasteiger partial charge is 0.0473 e. The molecular weight excluding hydrogens is 246 g/mol. The van der Waals surface area contributed by atoms with Crippen molar-refractivity contribution in [3.63, 3.8) is 0 Å². The van der Waals surface area contributed by atoms with Crippen molar-refractivity contribution in [1.82, 2.24) is 4.90 Å². The van der Waals surface area contributed by atoms with Gasteiger partial charge < -0.3 is 10.6 Å². The molecule has 20 heavy (non-hydrogen) atoms. The van der Waals surface area contributed by atoms with E-state index in [1.54, 1.807) is 0 Å². The van der Waals surface area contributed by atoms with Crippen LogP contribution in [0.3, 0.4) is 0 Å². The summed E-state index contributed by atoms with van der Waals surface area (Å²) < 4.78 is 0. The van der Waals surface area contributed by atoms with Crippen LogP contribution in [0.2, 0.25) is 0 Å². The second kappa shape index (κ2) is 7.09. The monoisotopic (exact) mass is 275 g/mol. The van der Waals surface area contributed by atoms with E-state index < -0.39 is 0 Å². The quantitative estimate of drug-likeness (QED) is 0.866. The number of likely N-dealkylation sites (N-methyl/N-ethyl adjacent to an activating group) is 1. The normalized spacial score (nSPS) is 17.6.